The second-order valence-corrected chi connectivity index (χ2v) is 4.06. The van der Waals surface area contributed by atoms with Gasteiger partial charge in [0.05, 0.1) is 33.5 Å². The smallest absolute Gasteiger partial charge is 0.308 e. The van der Waals surface area contributed by atoms with Crippen LogP contribution in [0.1, 0.15) is 19.3 Å². The van der Waals surface area contributed by atoms with Gasteiger partial charge in [-0.1, -0.05) is 0 Å². The van der Waals surface area contributed by atoms with E-state index in [4.69, 9.17) is 5.26 Å². The largest absolute Gasteiger partial charge is 0.469 e. The van der Waals surface area contributed by atoms with E-state index in [1.807, 2.05) is 0 Å². The number of hydrogen-bond acceptors (Lipinski definition) is 8. The van der Waals surface area contributed by atoms with Crippen molar-refractivity contribution in [1.29, 1.82) is 5.26 Å². The summed E-state index contributed by atoms with van der Waals surface area (Å²) < 4.78 is 13.7. The van der Waals surface area contributed by atoms with Gasteiger partial charge in [-0.3, -0.25) is 14.4 Å². The Hall–Kier alpha value is -2.14. The van der Waals surface area contributed by atoms with Crippen molar-refractivity contribution in [3.05, 3.63) is 0 Å². The minimum atomic E-state index is -0.502. The lowest BCUT2D eigenvalue weighted by Crippen LogP contribution is -2.31. The highest BCUT2D eigenvalue weighted by Gasteiger charge is 2.13. The molecule has 0 unspecified atom stereocenters. The molecule has 0 saturated carbocycles. The van der Waals surface area contributed by atoms with E-state index in [0.29, 0.717) is 19.6 Å². The van der Waals surface area contributed by atoms with Gasteiger partial charge in [-0.05, 0) is 0 Å². The topological polar surface area (TPSA) is 106 Å². The van der Waals surface area contributed by atoms with Gasteiger partial charge in [0.2, 0.25) is 0 Å². The number of esters is 3. The number of hydrogen-bond donors (Lipinski definition) is 0. The summed E-state index contributed by atoms with van der Waals surface area (Å²) >= 11 is 0. The number of ether oxygens (including phenoxy) is 3. The van der Waals surface area contributed by atoms with E-state index in [2.05, 4.69) is 14.2 Å². The van der Waals surface area contributed by atoms with Crippen LogP contribution in [0.5, 0.6) is 0 Å². The molecule has 0 spiro atoms. The van der Waals surface area contributed by atoms with Gasteiger partial charge in [0, 0.05) is 19.6 Å². The van der Waals surface area contributed by atoms with Gasteiger partial charge in [-0.25, -0.2) is 0 Å². The molecular weight excluding hydrogens is 280 g/mol. The molecule has 21 heavy (non-hydrogen) atoms. The van der Waals surface area contributed by atoms with Crippen molar-refractivity contribution in [3.8, 4) is 6.07 Å². The zero-order valence-corrected chi connectivity index (χ0v) is 12.3. The third kappa shape index (κ3) is 10.3. The average Bonchev–Trinajstić information content (AvgIpc) is 2.50. The second kappa shape index (κ2) is 11.7. The third-order valence-electron chi connectivity index (χ3n) is 2.65. The van der Waals surface area contributed by atoms with Gasteiger partial charge in [-0.2, -0.15) is 5.26 Å². The molecule has 0 rings (SSSR count). The van der Waals surface area contributed by atoms with Crippen LogP contribution in [-0.4, -0.2) is 63.3 Å². The Morgan fingerprint density at radius 2 is 1.33 bits per heavy atom. The summed E-state index contributed by atoms with van der Waals surface area (Å²) in [5.41, 5.74) is 0. The van der Waals surface area contributed by atoms with Crippen LogP contribution in [0, 0.1) is 11.3 Å². The monoisotopic (exact) mass is 300 g/mol. The summed E-state index contributed by atoms with van der Waals surface area (Å²) in [6, 6.07) is 1.70. The first kappa shape index (κ1) is 18.9. The molecule has 8 nitrogen and oxygen atoms in total. The molecule has 0 bridgehead atoms. The summed E-state index contributed by atoms with van der Waals surface area (Å²) in [5, 5.41) is 8.30. The second-order valence-electron chi connectivity index (χ2n) is 4.06. The van der Waals surface area contributed by atoms with Crippen LogP contribution in [0.3, 0.4) is 0 Å². The molecule has 0 atom stereocenters. The molecule has 0 heterocycles. The standard InChI is InChI=1S/C13H20N2O6/c1-19-11(16)3-7-15(8-4-12(17)20-2)9-5-13(18)21-10-6-14/h3-5,7-10H2,1-2H3. The number of methoxy groups -OCH3 is 2. The lowest BCUT2D eigenvalue weighted by Gasteiger charge is -2.20. The van der Waals surface area contributed by atoms with Crippen LogP contribution < -0.4 is 0 Å². The van der Waals surface area contributed by atoms with Gasteiger partial charge < -0.3 is 19.1 Å². The first-order chi connectivity index (χ1) is 10.0. The van der Waals surface area contributed by atoms with Crippen LogP contribution in [-0.2, 0) is 28.6 Å². The fourth-order valence-corrected chi connectivity index (χ4v) is 1.47. The quantitative estimate of drug-likeness (QED) is 0.406. The van der Waals surface area contributed by atoms with Crippen LogP contribution in [0.15, 0.2) is 0 Å². The van der Waals surface area contributed by atoms with Crippen LogP contribution in [0.25, 0.3) is 0 Å². The summed E-state index contributed by atoms with van der Waals surface area (Å²) in [6.45, 7) is 0.742. The lowest BCUT2D eigenvalue weighted by atomic mass is 10.3. The molecule has 0 aromatic heterocycles. The number of nitrogens with zero attached hydrogens (tertiary/aromatic N) is 2. The van der Waals surface area contributed by atoms with E-state index >= 15 is 0 Å². The van der Waals surface area contributed by atoms with Gasteiger partial charge in [-0.15, -0.1) is 0 Å². The first-order valence-corrected chi connectivity index (χ1v) is 6.42. The minimum Gasteiger partial charge on any atom is -0.469 e. The Balaban J connectivity index is 4.23. The normalized spacial score (nSPS) is 9.81. The molecule has 0 amide bonds. The van der Waals surface area contributed by atoms with Gasteiger partial charge in [0.15, 0.2) is 6.61 Å². The molecule has 8 heteroatoms. The molecule has 0 aliphatic carbocycles. The molecule has 0 fully saturated rings. The predicted octanol–water partition coefficient (Wildman–Crippen LogP) is -0.129. The van der Waals surface area contributed by atoms with Gasteiger partial charge in [0.25, 0.3) is 0 Å². The van der Waals surface area contributed by atoms with E-state index in [0.717, 1.165) is 0 Å². The van der Waals surface area contributed by atoms with Crippen LogP contribution in [0.2, 0.25) is 0 Å². The van der Waals surface area contributed by atoms with Crippen molar-refractivity contribution >= 4 is 17.9 Å². The average molecular weight is 300 g/mol. The molecule has 118 valence electrons. The Bertz CT molecular complexity index is 371. The fraction of sp³-hybridized carbons (Fsp3) is 0.692. The third-order valence-corrected chi connectivity index (χ3v) is 2.65. The number of nitriles is 1. The highest BCUT2D eigenvalue weighted by Crippen LogP contribution is 2.00. The van der Waals surface area contributed by atoms with E-state index in [-0.39, 0.29) is 37.8 Å². The zero-order valence-electron chi connectivity index (χ0n) is 12.3. The van der Waals surface area contributed by atoms with E-state index < -0.39 is 5.97 Å². The predicted molar refractivity (Wildman–Crippen MR) is 70.9 cm³/mol. The Morgan fingerprint density at radius 3 is 1.71 bits per heavy atom. The maximum absolute atomic E-state index is 11.3. The van der Waals surface area contributed by atoms with Crippen molar-refractivity contribution in [2.24, 2.45) is 0 Å². The number of rotatable bonds is 10. The Labute approximate surface area is 123 Å². The molecular formula is C13H20N2O6. The first-order valence-electron chi connectivity index (χ1n) is 6.42. The van der Waals surface area contributed by atoms with Crippen molar-refractivity contribution < 1.29 is 28.6 Å². The molecule has 0 saturated heterocycles. The van der Waals surface area contributed by atoms with Crippen molar-refractivity contribution in [1.82, 2.24) is 4.90 Å². The van der Waals surface area contributed by atoms with Gasteiger partial charge in [0.1, 0.15) is 6.07 Å². The molecule has 0 N–H and O–H groups in total. The summed E-state index contributed by atoms with van der Waals surface area (Å²) in [6.07, 6.45) is 0.389. The summed E-state index contributed by atoms with van der Waals surface area (Å²) in [4.78, 5) is 35.3. The lowest BCUT2D eigenvalue weighted by molar-refractivity contribution is -0.142. The van der Waals surface area contributed by atoms with Crippen LogP contribution in [0.4, 0.5) is 0 Å². The Kier molecular flexibility index (Phi) is 10.5. The van der Waals surface area contributed by atoms with E-state index in [1.165, 1.54) is 14.2 Å². The molecule has 0 aromatic carbocycles. The fourth-order valence-electron chi connectivity index (χ4n) is 1.47. The van der Waals surface area contributed by atoms with Crippen molar-refractivity contribution in [3.63, 3.8) is 0 Å². The molecule has 0 aliphatic heterocycles. The van der Waals surface area contributed by atoms with Crippen molar-refractivity contribution in [2.45, 2.75) is 19.3 Å². The number of carbonyl (C=O) groups excluding carboxylic acids is 3. The maximum Gasteiger partial charge on any atom is 0.308 e. The maximum atomic E-state index is 11.3. The van der Waals surface area contributed by atoms with Crippen molar-refractivity contribution in [2.75, 3.05) is 40.5 Å². The van der Waals surface area contributed by atoms with Crippen LogP contribution >= 0.6 is 0 Å². The number of carbonyl (C=O) groups is 3. The minimum absolute atomic E-state index is 0.0734. The van der Waals surface area contributed by atoms with Gasteiger partial charge >= 0.3 is 17.9 Å². The molecule has 0 aromatic rings. The van der Waals surface area contributed by atoms with E-state index in [9.17, 15) is 14.4 Å². The summed E-state index contributed by atoms with van der Waals surface area (Å²) in [7, 11) is 2.58. The van der Waals surface area contributed by atoms with E-state index in [1.54, 1.807) is 11.0 Å². The summed E-state index contributed by atoms with van der Waals surface area (Å²) in [5.74, 6) is -1.24. The highest BCUT2D eigenvalue weighted by molar-refractivity contribution is 5.70. The zero-order chi connectivity index (χ0) is 16.1. The molecule has 0 radical (unpaired) electrons. The highest BCUT2D eigenvalue weighted by atomic mass is 16.5. The molecule has 0 aliphatic rings. The Morgan fingerprint density at radius 1 is 0.905 bits per heavy atom. The SMILES string of the molecule is COC(=O)CCN(CCC(=O)OC)CCC(=O)OCC#N.